The first-order valence-electron chi connectivity index (χ1n) is 19.5. The van der Waals surface area contributed by atoms with Crippen LogP contribution in [0.5, 0.6) is 23.0 Å². The second kappa shape index (κ2) is 15.9. The minimum absolute atomic E-state index is 0.00523. The number of hydrogen-bond acceptors (Lipinski definition) is 8. The fourth-order valence-corrected chi connectivity index (χ4v) is 7.64. The molecule has 1 atom stereocenters. The Balaban J connectivity index is 0.000000339. The quantitative estimate of drug-likeness (QED) is 0.115. The molecule has 0 aliphatic carbocycles. The normalized spacial score (nSPS) is 15.0. The van der Waals surface area contributed by atoms with Crippen molar-refractivity contribution in [2.24, 2.45) is 0 Å². The summed E-state index contributed by atoms with van der Waals surface area (Å²) >= 11 is 0. The molecule has 0 radical (unpaired) electrons. The number of anilines is 1. The summed E-state index contributed by atoms with van der Waals surface area (Å²) in [7, 11) is 2.71. The number of fused-ring (bicyclic) bond motifs is 3. The number of ether oxygens (including phenoxy) is 2. The standard InChI is InChI=1S/C39H27F3N2O6.C11H7NO2/c1-22-7-4-9-26(17-22)49-28-11-6-12-29(21-28)50-27-10-5-8-25(20-27)44-36(47)31-16-14-24(19-33(31)37(44)48)38(2,39(40,41)42)23-13-15-30-32(18-23)35(46)43(3)34(30)45;1-3-7-4-5-8-9(6-7)11(14)12(2)10(8)13/h4-21H,1-3H3;1,4-6H,2H3. The maximum atomic E-state index is 15.0. The van der Waals surface area contributed by atoms with Crippen molar-refractivity contribution in [2.45, 2.75) is 25.4 Å². The van der Waals surface area contributed by atoms with Crippen LogP contribution in [0.3, 0.4) is 0 Å². The van der Waals surface area contributed by atoms with Crippen LogP contribution < -0.4 is 14.4 Å². The lowest BCUT2D eigenvalue weighted by Gasteiger charge is -2.33. The van der Waals surface area contributed by atoms with Crippen molar-refractivity contribution in [1.82, 2.24) is 9.80 Å². The molecule has 0 bridgehead atoms. The van der Waals surface area contributed by atoms with Crippen LogP contribution in [-0.4, -0.2) is 65.5 Å². The fraction of sp³-hybridized carbons (Fsp3) is 0.120. The Morgan fingerprint density at radius 1 is 0.500 bits per heavy atom. The van der Waals surface area contributed by atoms with Gasteiger partial charge in [0, 0.05) is 31.8 Å². The summed E-state index contributed by atoms with van der Waals surface area (Å²) in [5.74, 6) is 0.933. The number of hydrogen-bond donors (Lipinski definition) is 0. The second-order valence-electron chi connectivity index (χ2n) is 15.3. The third-order valence-corrected chi connectivity index (χ3v) is 11.3. The first-order chi connectivity index (χ1) is 30.4. The summed E-state index contributed by atoms with van der Waals surface area (Å²) in [5, 5.41) is 0. The number of carbonyl (C=O) groups excluding carboxylic acids is 6. The first-order valence-corrected chi connectivity index (χ1v) is 19.5. The molecule has 6 aromatic carbocycles. The van der Waals surface area contributed by atoms with Crippen LogP contribution in [0.2, 0.25) is 0 Å². The molecule has 11 nitrogen and oxygen atoms in total. The van der Waals surface area contributed by atoms with Crippen LogP contribution in [-0.2, 0) is 5.41 Å². The van der Waals surface area contributed by atoms with E-state index in [9.17, 15) is 41.9 Å². The van der Waals surface area contributed by atoms with Crippen molar-refractivity contribution in [3.8, 4) is 35.3 Å². The Kier molecular flexibility index (Phi) is 10.5. The molecular formula is C50H34F3N3O8. The van der Waals surface area contributed by atoms with Gasteiger partial charge in [-0.15, -0.1) is 6.42 Å². The number of carbonyl (C=O) groups is 6. The predicted octanol–water partition coefficient (Wildman–Crippen LogP) is 9.37. The summed E-state index contributed by atoms with van der Waals surface area (Å²) in [4.78, 5) is 78.0. The first kappa shape index (κ1) is 42.4. The number of imide groups is 3. The van der Waals surface area contributed by atoms with Crippen molar-refractivity contribution < 1.29 is 51.4 Å². The molecule has 3 aliphatic heterocycles. The van der Waals surface area contributed by atoms with Gasteiger partial charge >= 0.3 is 6.18 Å². The van der Waals surface area contributed by atoms with Crippen LogP contribution >= 0.6 is 0 Å². The predicted molar refractivity (Wildman–Crippen MR) is 228 cm³/mol. The molecule has 0 saturated heterocycles. The van der Waals surface area contributed by atoms with Crippen LogP contribution in [0.1, 0.15) is 91.3 Å². The number of terminal acetylenes is 1. The Morgan fingerprint density at radius 2 is 0.922 bits per heavy atom. The van der Waals surface area contributed by atoms with Crippen LogP contribution in [0.4, 0.5) is 18.9 Å². The van der Waals surface area contributed by atoms with Crippen molar-refractivity contribution in [1.29, 1.82) is 0 Å². The van der Waals surface area contributed by atoms with Crippen LogP contribution in [0.15, 0.2) is 127 Å². The fourth-order valence-electron chi connectivity index (χ4n) is 7.64. The smallest absolute Gasteiger partial charge is 0.402 e. The Hall–Kier alpha value is -8.31. The van der Waals surface area contributed by atoms with Gasteiger partial charge in [0.25, 0.3) is 35.4 Å². The van der Waals surface area contributed by atoms with E-state index in [-0.39, 0.29) is 50.9 Å². The molecule has 0 spiro atoms. The van der Waals surface area contributed by atoms with Crippen LogP contribution in [0, 0.1) is 19.3 Å². The zero-order valence-corrected chi connectivity index (χ0v) is 34.4. The third-order valence-electron chi connectivity index (χ3n) is 11.3. The molecule has 1 unspecified atom stereocenters. The van der Waals surface area contributed by atoms with Crippen molar-refractivity contribution in [3.63, 3.8) is 0 Å². The lowest BCUT2D eigenvalue weighted by atomic mass is 9.74. The highest BCUT2D eigenvalue weighted by Gasteiger charge is 2.55. The number of aryl methyl sites for hydroxylation is 1. The van der Waals surface area contributed by atoms with Gasteiger partial charge in [0.1, 0.15) is 28.4 Å². The van der Waals surface area contributed by atoms with Gasteiger partial charge in [-0.3, -0.25) is 38.6 Å². The Morgan fingerprint density at radius 3 is 1.45 bits per heavy atom. The van der Waals surface area contributed by atoms with Crippen LogP contribution in [0.25, 0.3) is 0 Å². The van der Waals surface area contributed by atoms with Gasteiger partial charge < -0.3 is 9.47 Å². The van der Waals surface area contributed by atoms with E-state index < -0.39 is 35.2 Å². The topological polar surface area (TPSA) is 131 Å². The molecule has 0 saturated carbocycles. The number of rotatable bonds is 7. The Labute approximate surface area is 364 Å². The van der Waals surface area contributed by atoms with E-state index >= 15 is 0 Å². The molecule has 0 aromatic heterocycles. The van der Waals surface area contributed by atoms with Gasteiger partial charge in [-0.25, -0.2) is 4.90 Å². The summed E-state index contributed by atoms with van der Waals surface area (Å²) in [6.07, 6.45) is 0.302. The summed E-state index contributed by atoms with van der Waals surface area (Å²) < 4.78 is 56.9. The molecule has 0 fully saturated rings. The molecule has 318 valence electrons. The van der Waals surface area contributed by atoms with Gasteiger partial charge in [0.15, 0.2) is 0 Å². The number of nitrogens with zero attached hydrogens (tertiary/aromatic N) is 3. The van der Waals surface area contributed by atoms with Gasteiger partial charge in [-0.2, -0.15) is 13.2 Å². The van der Waals surface area contributed by atoms with Crippen molar-refractivity contribution in [2.75, 3.05) is 19.0 Å². The summed E-state index contributed by atoms with van der Waals surface area (Å²) in [6, 6.07) is 32.3. The van der Waals surface area contributed by atoms with Crippen molar-refractivity contribution in [3.05, 3.63) is 183 Å². The van der Waals surface area contributed by atoms with E-state index in [4.69, 9.17) is 15.9 Å². The van der Waals surface area contributed by atoms with E-state index in [0.29, 0.717) is 39.7 Å². The van der Waals surface area contributed by atoms with Gasteiger partial charge in [0.05, 0.1) is 39.1 Å². The molecule has 0 N–H and O–H groups in total. The largest absolute Gasteiger partial charge is 0.457 e. The van der Waals surface area contributed by atoms with E-state index in [1.165, 1.54) is 38.4 Å². The molecule has 3 aliphatic rings. The lowest BCUT2D eigenvalue weighted by Crippen LogP contribution is -2.41. The monoisotopic (exact) mass is 861 g/mol. The third kappa shape index (κ3) is 7.22. The summed E-state index contributed by atoms with van der Waals surface area (Å²) in [6.45, 7) is 2.89. The van der Waals surface area contributed by atoms with Gasteiger partial charge in [0.2, 0.25) is 0 Å². The molecule has 6 aromatic rings. The molecular weight excluding hydrogens is 828 g/mol. The lowest BCUT2D eigenvalue weighted by molar-refractivity contribution is -0.173. The molecule has 9 rings (SSSR count). The maximum Gasteiger partial charge on any atom is 0.402 e. The highest BCUT2D eigenvalue weighted by molar-refractivity contribution is 6.34. The summed E-state index contributed by atoms with van der Waals surface area (Å²) in [5.41, 5.74) is -1.10. The SMILES string of the molecule is C#Cc1ccc2c(c1)C(=O)N(C)C2=O.Cc1cccc(Oc2cccc(Oc3cccc(N4C(=O)c5ccc(C(C)(c6ccc7c(c6)C(=O)N(C)C7=O)C(F)(F)F)cc5C4=O)c3)c2)c1. The van der Waals surface area contributed by atoms with E-state index in [1.807, 2.05) is 31.2 Å². The highest BCUT2D eigenvalue weighted by Crippen LogP contribution is 2.48. The number of alkyl halides is 3. The minimum Gasteiger partial charge on any atom is -0.457 e. The molecule has 14 heteroatoms. The zero-order valence-electron chi connectivity index (χ0n) is 34.4. The average Bonchev–Trinajstić information content (AvgIpc) is 3.76. The second-order valence-corrected chi connectivity index (χ2v) is 15.3. The van der Waals surface area contributed by atoms with Crippen molar-refractivity contribution >= 4 is 41.1 Å². The van der Waals surface area contributed by atoms with E-state index in [2.05, 4.69) is 5.92 Å². The van der Waals surface area contributed by atoms with Gasteiger partial charge in [-0.05, 0) is 109 Å². The number of amides is 6. The highest BCUT2D eigenvalue weighted by atomic mass is 19.4. The van der Waals surface area contributed by atoms with E-state index in [1.54, 1.807) is 54.6 Å². The van der Waals surface area contributed by atoms with Gasteiger partial charge in [-0.1, -0.05) is 42.3 Å². The average molecular weight is 862 g/mol. The number of halogens is 3. The molecule has 3 heterocycles. The van der Waals surface area contributed by atoms with E-state index in [0.717, 1.165) is 51.5 Å². The Bertz CT molecular complexity index is 3060. The zero-order chi connectivity index (χ0) is 45.8. The number of benzene rings is 6. The molecule has 6 amide bonds. The molecule has 64 heavy (non-hydrogen) atoms. The maximum absolute atomic E-state index is 15.0. The minimum atomic E-state index is -4.90.